The molecule has 0 N–H and O–H groups in total. The highest BCUT2D eigenvalue weighted by Gasteiger charge is 2.24. The minimum atomic E-state index is -4.01. The molecular weight excluding hydrogens is 434 g/mol. The van der Waals surface area contributed by atoms with Gasteiger partial charge in [-0.1, -0.05) is 41.4 Å². The number of rotatable bonds is 5. The van der Waals surface area contributed by atoms with Crippen LogP contribution in [0.5, 0.6) is 5.75 Å². The van der Waals surface area contributed by atoms with E-state index in [-0.39, 0.29) is 15.2 Å². The van der Waals surface area contributed by atoms with Gasteiger partial charge in [0.25, 0.3) is 0 Å². The first-order valence-corrected chi connectivity index (χ1v) is 11.4. The maximum absolute atomic E-state index is 13.4. The number of pyridine rings is 1. The van der Waals surface area contributed by atoms with E-state index in [4.69, 9.17) is 16.3 Å². The molecule has 0 aliphatic rings. The molecule has 0 aliphatic carbocycles. The van der Waals surface area contributed by atoms with Crippen molar-refractivity contribution in [1.29, 1.82) is 0 Å². The van der Waals surface area contributed by atoms with Crippen molar-refractivity contribution in [3.8, 4) is 5.75 Å². The van der Waals surface area contributed by atoms with Gasteiger partial charge in [-0.25, -0.2) is 8.42 Å². The van der Waals surface area contributed by atoms with E-state index in [0.717, 1.165) is 11.1 Å². The average Bonchev–Trinajstić information content (AvgIpc) is 2.77. The Morgan fingerprint density at radius 2 is 1.65 bits per heavy atom. The van der Waals surface area contributed by atoms with Crippen LogP contribution in [0.4, 0.5) is 0 Å². The average molecular weight is 454 g/mol. The van der Waals surface area contributed by atoms with E-state index in [1.165, 1.54) is 25.4 Å². The van der Waals surface area contributed by atoms with Crippen molar-refractivity contribution in [3.05, 3.63) is 99.3 Å². The number of hydrogen-bond donors (Lipinski definition) is 0. The van der Waals surface area contributed by atoms with Crippen molar-refractivity contribution < 1.29 is 13.2 Å². The molecule has 158 valence electrons. The van der Waals surface area contributed by atoms with Crippen molar-refractivity contribution >= 4 is 32.3 Å². The van der Waals surface area contributed by atoms with E-state index >= 15 is 0 Å². The van der Waals surface area contributed by atoms with E-state index in [0.29, 0.717) is 22.8 Å². The molecule has 0 saturated carbocycles. The van der Waals surface area contributed by atoms with Gasteiger partial charge in [0, 0.05) is 17.8 Å². The third kappa shape index (κ3) is 4.09. The number of methoxy groups -OCH3 is 1. The Morgan fingerprint density at radius 3 is 2.29 bits per heavy atom. The summed E-state index contributed by atoms with van der Waals surface area (Å²) < 4.78 is 33.7. The minimum Gasteiger partial charge on any atom is -0.497 e. The van der Waals surface area contributed by atoms with Gasteiger partial charge in [0.1, 0.15) is 10.6 Å². The van der Waals surface area contributed by atoms with Crippen molar-refractivity contribution in [2.45, 2.75) is 23.3 Å². The van der Waals surface area contributed by atoms with Gasteiger partial charge in [-0.05, 0) is 55.0 Å². The third-order valence-corrected chi connectivity index (χ3v) is 7.16. The highest BCUT2D eigenvalue weighted by atomic mass is 35.5. The van der Waals surface area contributed by atoms with Crippen LogP contribution in [-0.2, 0) is 16.4 Å². The van der Waals surface area contributed by atoms with Crippen LogP contribution in [0.2, 0.25) is 5.02 Å². The van der Waals surface area contributed by atoms with Gasteiger partial charge in [0.15, 0.2) is 0 Å². The van der Waals surface area contributed by atoms with Crippen LogP contribution in [0.15, 0.2) is 87.5 Å². The third-order valence-electron chi connectivity index (χ3n) is 5.14. The number of ether oxygens (including phenoxy) is 1. The van der Waals surface area contributed by atoms with Crippen molar-refractivity contribution in [2.75, 3.05) is 7.11 Å². The zero-order valence-electron chi connectivity index (χ0n) is 17.0. The molecule has 0 fully saturated rings. The molecule has 0 radical (unpaired) electrons. The summed E-state index contributed by atoms with van der Waals surface area (Å²) in [5.41, 5.74) is 1.91. The molecule has 4 aromatic rings. The van der Waals surface area contributed by atoms with Gasteiger partial charge in [-0.15, -0.1) is 0 Å². The molecular formula is C24H20ClNO4S. The van der Waals surface area contributed by atoms with Crippen LogP contribution in [0, 0.1) is 6.92 Å². The fourth-order valence-electron chi connectivity index (χ4n) is 3.43. The van der Waals surface area contributed by atoms with E-state index in [2.05, 4.69) is 0 Å². The maximum Gasteiger partial charge on any atom is 0.211 e. The fourth-order valence-corrected chi connectivity index (χ4v) is 4.92. The normalized spacial score (nSPS) is 11.6. The van der Waals surface area contributed by atoms with Crippen molar-refractivity contribution in [1.82, 2.24) is 4.57 Å². The number of aryl methyl sites for hydroxylation is 1. The summed E-state index contributed by atoms with van der Waals surface area (Å²) in [5, 5.41) is 0.891. The van der Waals surface area contributed by atoms with Crippen LogP contribution < -0.4 is 10.2 Å². The number of hydrogen-bond acceptors (Lipinski definition) is 4. The monoisotopic (exact) mass is 453 g/mol. The summed E-state index contributed by atoms with van der Waals surface area (Å²) in [7, 11) is -2.51. The van der Waals surface area contributed by atoms with E-state index in [1.54, 1.807) is 47.0 Å². The zero-order valence-corrected chi connectivity index (χ0v) is 18.6. The first-order valence-electron chi connectivity index (χ1n) is 9.57. The van der Waals surface area contributed by atoms with E-state index < -0.39 is 15.3 Å². The minimum absolute atomic E-state index is 0.0792. The number of nitrogens with zero attached hydrogens (tertiary/aromatic N) is 1. The fraction of sp³-hybridized carbons (Fsp3) is 0.125. The first-order chi connectivity index (χ1) is 14.8. The summed E-state index contributed by atoms with van der Waals surface area (Å²) in [6, 6.07) is 18.8. The molecule has 0 bridgehead atoms. The molecule has 0 saturated heterocycles. The van der Waals surface area contributed by atoms with Gasteiger partial charge in [-0.2, -0.15) is 0 Å². The van der Waals surface area contributed by atoms with Crippen molar-refractivity contribution in [3.63, 3.8) is 0 Å². The van der Waals surface area contributed by atoms with Gasteiger partial charge in [0.05, 0.1) is 22.9 Å². The second-order valence-electron chi connectivity index (χ2n) is 7.28. The summed E-state index contributed by atoms with van der Waals surface area (Å²) in [6.45, 7) is 2.24. The molecule has 0 amide bonds. The smallest absolute Gasteiger partial charge is 0.211 e. The van der Waals surface area contributed by atoms with Gasteiger partial charge < -0.3 is 9.30 Å². The summed E-state index contributed by atoms with van der Waals surface area (Å²) in [6.07, 6.45) is 1.42. The second-order valence-corrected chi connectivity index (χ2v) is 9.63. The Labute approximate surface area is 185 Å². The molecule has 1 heterocycles. The molecule has 0 aliphatic heterocycles. The largest absolute Gasteiger partial charge is 0.497 e. The van der Waals surface area contributed by atoms with Gasteiger partial charge in [0.2, 0.25) is 15.3 Å². The lowest BCUT2D eigenvalue weighted by molar-refractivity contribution is 0.415. The molecule has 0 unspecified atom stereocenters. The number of benzene rings is 3. The van der Waals surface area contributed by atoms with Crippen LogP contribution in [0.1, 0.15) is 11.1 Å². The molecule has 3 aromatic carbocycles. The first kappa shape index (κ1) is 21.2. The lowest BCUT2D eigenvalue weighted by Gasteiger charge is -2.15. The molecule has 0 atom stereocenters. The lowest BCUT2D eigenvalue weighted by Crippen LogP contribution is -2.19. The summed E-state index contributed by atoms with van der Waals surface area (Å²) >= 11 is 5.99. The standard InChI is InChI=1S/C24H20ClNO4S/c1-16-3-10-20(11-4-16)31(28,29)23-15-26(14-17-5-7-18(25)8-6-17)22-12-9-19(30-2)13-21(22)24(23)27/h3-13,15H,14H2,1-2H3. The molecule has 1 aromatic heterocycles. The van der Waals surface area contributed by atoms with E-state index in [9.17, 15) is 13.2 Å². The predicted octanol–water partition coefficient (Wildman–Crippen LogP) is 4.85. The van der Waals surface area contributed by atoms with Gasteiger partial charge in [-0.3, -0.25) is 4.79 Å². The van der Waals surface area contributed by atoms with Crippen LogP contribution in [-0.4, -0.2) is 20.1 Å². The SMILES string of the molecule is COc1ccc2c(c1)c(=O)c(S(=O)(=O)c1ccc(C)cc1)cn2Cc1ccc(Cl)cc1. The highest BCUT2D eigenvalue weighted by molar-refractivity contribution is 7.91. The molecule has 31 heavy (non-hydrogen) atoms. The van der Waals surface area contributed by atoms with Crippen molar-refractivity contribution in [2.24, 2.45) is 0 Å². The Hall–Kier alpha value is -3.09. The Balaban J connectivity index is 1.96. The quantitative estimate of drug-likeness (QED) is 0.433. The number of sulfone groups is 1. The Morgan fingerprint density at radius 1 is 0.968 bits per heavy atom. The predicted molar refractivity (Wildman–Crippen MR) is 122 cm³/mol. The number of aromatic nitrogens is 1. The Bertz CT molecular complexity index is 1420. The van der Waals surface area contributed by atoms with Gasteiger partial charge >= 0.3 is 0 Å². The maximum atomic E-state index is 13.4. The molecule has 0 spiro atoms. The lowest BCUT2D eigenvalue weighted by atomic mass is 10.1. The highest BCUT2D eigenvalue weighted by Crippen LogP contribution is 2.25. The molecule has 7 heteroatoms. The van der Waals surface area contributed by atoms with Crippen LogP contribution in [0.3, 0.4) is 0 Å². The summed E-state index contributed by atoms with van der Waals surface area (Å²) in [4.78, 5) is 13.1. The second kappa shape index (κ2) is 8.21. The zero-order chi connectivity index (χ0) is 22.2. The topological polar surface area (TPSA) is 65.4 Å². The van der Waals surface area contributed by atoms with Crippen LogP contribution >= 0.6 is 11.6 Å². The Kier molecular flexibility index (Phi) is 5.60. The molecule has 5 nitrogen and oxygen atoms in total. The number of fused-ring (bicyclic) bond motifs is 1. The number of halogens is 1. The van der Waals surface area contributed by atoms with E-state index in [1.807, 2.05) is 19.1 Å². The summed E-state index contributed by atoms with van der Waals surface area (Å²) in [5.74, 6) is 0.479. The molecule has 4 rings (SSSR count). The van der Waals surface area contributed by atoms with Crippen LogP contribution in [0.25, 0.3) is 10.9 Å².